The van der Waals surface area contributed by atoms with Crippen molar-refractivity contribution in [2.45, 2.75) is 6.42 Å². The number of benzene rings is 1. The number of amides is 1. The van der Waals surface area contributed by atoms with Crippen molar-refractivity contribution in [3.63, 3.8) is 0 Å². The molecule has 1 N–H and O–H groups in total. The minimum absolute atomic E-state index is 0.0623. The lowest BCUT2D eigenvalue weighted by Crippen LogP contribution is -2.26. The van der Waals surface area contributed by atoms with Crippen LogP contribution in [0, 0.1) is 0 Å². The maximum absolute atomic E-state index is 11.7. The van der Waals surface area contributed by atoms with Gasteiger partial charge in [0.2, 0.25) is 0 Å². The molecule has 1 heterocycles. The molecule has 5 nitrogen and oxygen atoms in total. The zero-order chi connectivity index (χ0) is 12.1. The first-order valence-corrected chi connectivity index (χ1v) is 5.43. The smallest absolute Gasteiger partial charge is 0.251 e. The largest absolute Gasteiger partial charge is 0.352 e. The van der Waals surface area contributed by atoms with Gasteiger partial charge in [-0.05, 0) is 12.1 Å². The van der Waals surface area contributed by atoms with E-state index in [0.717, 1.165) is 5.82 Å². The molecule has 1 aromatic carbocycles. The monoisotopic (exact) mass is 230 g/mol. The van der Waals surface area contributed by atoms with E-state index in [1.807, 2.05) is 29.8 Å². The molecule has 1 aromatic heterocycles. The van der Waals surface area contributed by atoms with Crippen molar-refractivity contribution in [2.24, 2.45) is 7.05 Å². The average molecular weight is 230 g/mol. The summed E-state index contributed by atoms with van der Waals surface area (Å²) < 4.78 is 1.84. The summed E-state index contributed by atoms with van der Waals surface area (Å²) in [6, 6.07) is 9.15. The molecule has 0 fully saturated rings. The molecule has 0 spiro atoms. The van der Waals surface area contributed by atoms with Gasteiger partial charge in [-0.25, -0.2) is 0 Å². The van der Waals surface area contributed by atoms with Crippen molar-refractivity contribution in [3.05, 3.63) is 48.0 Å². The van der Waals surface area contributed by atoms with Crippen LogP contribution in [-0.2, 0) is 13.5 Å². The van der Waals surface area contributed by atoms with Crippen LogP contribution in [0.25, 0.3) is 0 Å². The predicted molar refractivity (Wildman–Crippen MR) is 63.5 cm³/mol. The lowest BCUT2D eigenvalue weighted by atomic mass is 10.2. The number of aromatic nitrogens is 3. The van der Waals surface area contributed by atoms with Gasteiger partial charge in [0, 0.05) is 25.6 Å². The van der Waals surface area contributed by atoms with Crippen LogP contribution in [-0.4, -0.2) is 27.2 Å². The van der Waals surface area contributed by atoms with E-state index in [0.29, 0.717) is 18.5 Å². The van der Waals surface area contributed by atoms with E-state index in [4.69, 9.17) is 0 Å². The SMILES string of the molecule is Cn1cnnc1CCNC(=O)c1ccccc1. The van der Waals surface area contributed by atoms with Gasteiger partial charge in [0.15, 0.2) is 0 Å². The Kier molecular flexibility index (Phi) is 3.49. The van der Waals surface area contributed by atoms with E-state index < -0.39 is 0 Å². The topological polar surface area (TPSA) is 59.8 Å². The van der Waals surface area contributed by atoms with E-state index in [2.05, 4.69) is 15.5 Å². The van der Waals surface area contributed by atoms with Crippen LogP contribution in [0.15, 0.2) is 36.7 Å². The molecule has 17 heavy (non-hydrogen) atoms. The second-order valence-corrected chi connectivity index (χ2v) is 3.73. The zero-order valence-corrected chi connectivity index (χ0v) is 9.63. The highest BCUT2D eigenvalue weighted by Crippen LogP contribution is 1.98. The number of rotatable bonds is 4. The fourth-order valence-corrected chi connectivity index (χ4v) is 1.51. The number of hydrogen-bond acceptors (Lipinski definition) is 3. The number of carbonyl (C=O) groups is 1. The molecule has 0 saturated heterocycles. The van der Waals surface area contributed by atoms with Gasteiger partial charge in [-0.3, -0.25) is 4.79 Å². The maximum Gasteiger partial charge on any atom is 0.251 e. The van der Waals surface area contributed by atoms with Crippen LogP contribution in [0.4, 0.5) is 0 Å². The molecule has 0 aliphatic heterocycles. The first-order valence-electron chi connectivity index (χ1n) is 5.43. The molecular formula is C12H14N4O. The summed E-state index contributed by atoms with van der Waals surface area (Å²) in [5.74, 6) is 0.797. The lowest BCUT2D eigenvalue weighted by Gasteiger charge is -2.04. The molecule has 88 valence electrons. The van der Waals surface area contributed by atoms with Gasteiger partial charge in [0.1, 0.15) is 12.2 Å². The molecule has 0 aliphatic rings. The molecule has 0 aliphatic carbocycles. The van der Waals surface area contributed by atoms with Crippen LogP contribution in [0.1, 0.15) is 16.2 Å². The first-order chi connectivity index (χ1) is 8.27. The summed E-state index contributed by atoms with van der Waals surface area (Å²) >= 11 is 0. The second-order valence-electron chi connectivity index (χ2n) is 3.73. The highest BCUT2D eigenvalue weighted by atomic mass is 16.1. The molecule has 0 atom stereocenters. The Hall–Kier alpha value is -2.17. The van der Waals surface area contributed by atoms with Crippen LogP contribution < -0.4 is 5.32 Å². The van der Waals surface area contributed by atoms with E-state index in [1.165, 1.54) is 0 Å². The Morgan fingerprint density at radius 1 is 1.35 bits per heavy atom. The molecule has 0 saturated carbocycles. The van der Waals surface area contributed by atoms with Gasteiger partial charge in [-0.2, -0.15) is 0 Å². The molecule has 0 radical (unpaired) electrons. The average Bonchev–Trinajstić information content (AvgIpc) is 2.76. The summed E-state index contributed by atoms with van der Waals surface area (Å²) in [5, 5.41) is 10.6. The fourth-order valence-electron chi connectivity index (χ4n) is 1.51. The van der Waals surface area contributed by atoms with Crippen molar-refractivity contribution in [2.75, 3.05) is 6.54 Å². The zero-order valence-electron chi connectivity index (χ0n) is 9.63. The lowest BCUT2D eigenvalue weighted by molar-refractivity contribution is 0.0954. The van der Waals surface area contributed by atoms with E-state index >= 15 is 0 Å². The third kappa shape index (κ3) is 2.90. The van der Waals surface area contributed by atoms with E-state index in [-0.39, 0.29) is 5.91 Å². The second kappa shape index (κ2) is 5.25. The summed E-state index contributed by atoms with van der Waals surface area (Å²) in [5.41, 5.74) is 0.672. The molecule has 1 amide bonds. The highest BCUT2D eigenvalue weighted by Gasteiger charge is 2.05. The number of aryl methyl sites for hydroxylation is 1. The Morgan fingerprint density at radius 3 is 2.76 bits per heavy atom. The molecule has 2 rings (SSSR count). The fraction of sp³-hybridized carbons (Fsp3) is 0.250. The third-order valence-corrected chi connectivity index (χ3v) is 2.48. The standard InChI is InChI=1S/C12H14N4O/c1-16-9-14-15-11(16)7-8-13-12(17)10-5-3-2-4-6-10/h2-6,9H,7-8H2,1H3,(H,13,17). The number of nitrogens with one attached hydrogen (secondary N) is 1. The Morgan fingerprint density at radius 2 is 2.12 bits per heavy atom. The van der Waals surface area contributed by atoms with Crippen LogP contribution >= 0.6 is 0 Å². The minimum atomic E-state index is -0.0623. The predicted octanol–water partition coefficient (Wildman–Crippen LogP) is 0.788. The summed E-state index contributed by atoms with van der Waals surface area (Å²) in [7, 11) is 1.88. The van der Waals surface area contributed by atoms with E-state index in [1.54, 1.807) is 18.5 Å². The van der Waals surface area contributed by atoms with Gasteiger partial charge in [0.25, 0.3) is 5.91 Å². The molecule has 2 aromatic rings. The third-order valence-electron chi connectivity index (χ3n) is 2.48. The first kappa shape index (κ1) is 11.3. The maximum atomic E-state index is 11.7. The number of hydrogen-bond donors (Lipinski definition) is 1. The summed E-state index contributed by atoms with van der Waals surface area (Å²) in [6.45, 7) is 0.556. The number of nitrogens with zero attached hydrogens (tertiary/aromatic N) is 3. The van der Waals surface area contributed by atoms with Crippen molar-refractivity contribution in [1.82, 2.24) is 20.1 Å². The molecular weight excluding hydrogens is 216 g/mol. The van der Waals surface area contributed by atoms with Gasteiger partial charge in [-0.15, -0.1) is 10.2 Å². The minimum Gasteiger partial charge on any atom is -0.352 e. The van der Waals surface area contributed by atoms with Crippen LogP contribution in [0.2, 0.25) is 0 Å². The number of carbonyl (C=O) groups excluding carboxylic acids is 1. The van der Waals surface area contributed by atoms with Crippen molar-refractivity contribution in [3.8, 4) is 0 Å². The molecule has 5 heteroatoms. The van der Waals surface area contributed by atoms with Gasteiger partial charge >= 0.3 is 0 Å². The normalized spacial score (nSPS) is 10.2. The van der Waals surface area contributed by atoms with Crippen molar-refractivity contribution >= 4 is 5.91 Å². The quantitative estimate of drug-likeness (QED) is 0.844. The summed E-state index contributed by atoms with van der Waals surface area (Å²) in [4.78, 5) is 11.7. The molecule has 0 unspecified atom stereocenters. The van der Waals surface area contributed by atoms with Crippen molar-refractivity contribution < 1.29 is 4.79 Å². The van der Waals surface area contributed by atoms with Gasteiger partial charge < -0.3 is 9.88 Å². The Labute approximate surface area is 99.5 Å². The van der Waals surface area contributed by atoms with Gasteiger partial charge in [0.05, 0.1) is 0 Å². The molecule has 0 bridgehead atoms. The highest BCUT2D eigenvalue weighted by molar-refractivity contribution is 5.94. The van der Waals surface area contributed by atoms with Crippen LogP contribution in [0.5, 0.6) is 0 Å². The summed E-state index contributed by atoms with van der Waals surface area (Å²) in [6.07, 6.45) is 2.32. The Balaban J connectivity index is 1.84. The van der Waals surface area contributed by atoms with Crippen molar-refractivity contribution in [1.29, 1.82) is 0 Å². The van der Waals surface area contributed by atoms with Gasteiger partial charge in [-0.1, -0.05) is 18.2 Å². The Bertz CT molecular complexity index is 492. The van der Waals surface area contributed by atoms with Crippen LogP contribution in [0.3, 0.4) is 0 Å². The van der Waals surface area contributed by atoms with E-state index in [9.17, 15) is 4.79 Å².